The van der Waals surface area contributed by atoms with Gasteiger partial charge >= 0.3 is 0 Å². The third-order valence-corrected chi connectivity index (χ3v) is 2.84. The first-order valence-electron chi connectivity index (χ1n) is 5.43. The zero-order valence-electron chi connectivity index (χ0n) is 10.5. The van der Waals surface area contributed by atoms with Gasteiger partial charge in [-0.2, -0.15) is 0 Å². The Labute approximate surface area is 105 Å². The van der Waals surface area contributed by atoms with Gasteiger partial charge in [0.2, 0.25) is 0 Å². The number of fused-ring (bicyclic) bond motifs is 1. The molecule has 0 aliphatic carbocycles. The van der Waals surface area contributed by atoms with Crippen molar-refractivity contribution in [3.63, 3.8) is 0 Å². The Hall–Kier alpha value is -2.23. The van der Waals surface area contributed by atoms with E-state index in [1.54, 1.807) is 13.2 Å². The fraction of sp³-hybridized carbons (Fsp3) is 0.214. The molecule has 0 bridgehead atoms. The Morgan fingerprint density at radius 2 is 1.78 bits per heavy atom. The van der Waals surface area contributed by atoms with Gasteiger partial charge in [-0.15, -0.1) is 0 Å². The van der Waals surface area contributed by atoms with Crippen LogP contribution in [0.25, 0.3) is 10.8 Å². The van der Waals surface area contributed by atoms with E-state index in [0.29, 0.717) is 17.1 Å². The minimum atomic E-state index is 0.415. The number of hydrogen-bond acceptors (Lipinski definition) is 4. The van der Waals surface area contributed by atoms with Crippen molar-refractivity contribution in [3.8, 4) is 17.2 Å². The van der Waals surface area contributed by atoms with Crippen LogP contribution < -0.4 is 14.2 Å². The van der Waals surface area contributed by atoms with Gasteiger partial charge in [0.05, 0.1) is 26.9 Å². The molecule has 0 amide bonds. The second-order valence-electron chi connectivity index (χ2n) is 3.73. The van der Waals surface area contributed by atoms with Gasteiger partial charge in [-0.25, -0.2) is 0 Å². The number of ether oxygens (including phenoxy) is 3. The standard InChI is InChI=1S/C14H14O4/c1-16-10-4-5-11-9(6-10)7-13(17-2)12(8-15)14(11)18-3/h4-8H,1-3H3. The van der Waals surface area contributed by atoms with Gasteiger partial charge in [0.1, 0.15) is 17.2 Å². The van der Waals surface area contributed by atoms with Crippen molar-refractivity contribution in [1.29, 1.82) is 0 Å². The zero-order chi connectivity index (χ0) is 13.1. The first kappa shape index (κ1) is 12.2. The number of hydrogen-bond donors (Lipinski definition) is 0. The number of methoxy groups -OCH3 is 3. The number of aldehydes is 1. The van der Waals surface area contributed by atoms with E-state index in [9.17, 15) is 4.79 Å². The van der Waals surface area contributed by atoms with E-state index in [1.165, 1.54) is 14.2 Å². The van der Waals surface area contributed by atoms with Crippen LogP contribution in [0.3, 0.4) is 0 Å². The van der Waals surface area contributed by atoms with Gasteiger partial charge in [0.15, 0.2) is 6.29 Å². The van der Waals surface area contributed by atoms with Crippen LogP contribution in [0.5, 0.6) is 17.2 Å². The molecule has 0 saturated carbocycles. The minimum Gasteiger partial charge on any atom is -0.497 e. The summed E-state index contributed by atoms with van der Waals surface area (Å²) in [5.41, 5.74) is 0.415. The monoisotopic (exact) mass is 246 g/mol. The number of carbonyl (C=O) groups excluding carboxylic acids is 1. The summed E-state index contributed by atoms with van der Waals surface area (Å²) in [6, 6.07) is 7.35. The van der Waals surface area contributed by atoms with E-state index in [2.05, 4.69) is 0 Å². The van der Waals surface area contributed by atoms with Crippen molar-refractivity contribution < 1.29 is 19.0 Å². The smallest absolute Gasteiger partial charge is 0.157 e. The highest BCUT2D eigenvalue weighted by Crippen LogP contribution is 2.37. The number of benzene rings is 2. The van der Waals surface area contributed by atoms with Crippen LogP contribution in [0.2, 0.25) is 0 Å². The van der Waals surface area contributed by atoms with Crippen LogP contribution in [0.4, 0.5) is 0 Å². The van der Waals surface area contributed by atoms with Crippen molar-refractivity contribution in [2.24, 2.45) is 0 Å². The Balaban J connectivity index is 2.82. The number of carbonyl (C=O) groups is 1. The van der Waals surface area contributed by atoms with Gasteiger partial charge in [-0.05, 0) is 29.7 Å². The Kier molecular flexibility index (Phi) is 3.37. The third-order valence-electron chi connectivity index (χ3n) is 2.84. The van der Waals surface area contributed by atoms with E-state index in [0.717, 1.165) is 22.8 Å². The van der Waals surface area contributed by atoms with Gasteiger partial charge in [-0.3, -0.25) is 4.79 Å². The summed E-state index contributed by atoms with van der Waals surface area (Å²) in [6.45, 7) is 0. The Morgan fingerprint density at radius 3 is 2.33 bits per heavy atom. The fourth-order valence-electron chi connectivity index (χ4n) is 1.97. The minimum absolute atomic E-state index is 0.415. The maximum Gasteiger partial charge on any atom is 0.157 e. The summed E-state index contributed by atoms with van der Waals surface area (Å²) in [4.78, 5) is 11.1. The third kappa shape index (κ3) is 1.86. The molecule has 0 unspecified atom stereocenters. The van der Waals surface area contributed by atoms with Crippen molar-refractivity contribution >= 4 is 17.1 Å². The van der Waals surface area contributed by atoms with Crippen LogP contribution in [0.1, 0.15) is 10.4 Å². The molecule has 0 radical (unpaired) electrons. The molecule has 0 aliphatic rings. The zero-order valence-corrected chi connectivity index (χ0v) is 10.5. The van der Waals surface area contributed by atoms with Gasteiger partial charge in [0, 0.05) is 5.39 Å². The predicted molar refractivity (Wildman–Crippen MR) is 69.0 cm³/mol. The molecule has 0 fully saturated rings. The average molecular weight is 246 g/mol. The molecule has 0 aliphatic heterocycles. The van der Waals surface area contributed by atoms with Crippen LogP contribution in [-0.2, 0) is 0 Å². The molecular formula is C14H14O4. The molecule has 0 spiro atoms. The molecule has 0 heterocycles. The van der Waals surface area contributed by atoms with Gasteiger partial charge in [0.25, 0.3) is 0 Å². The SMILES string of the molecule is COc1ccc2c(OC)c(C=O)c(OC)cc2c1. The van der Waals surface area contributed by atoms with E-state index in [1.807, 2.05) is 18.2 Å². The lowest BCUT2D eigenvalue weighted by atomic mass is 10.0. The Morgan fingerprint density at radius 1 is 1.00 bits per heavy atom. The van der Waals surface area contributed by atoms with Crippen molar-refractivity contribution in [3.05, 3.63) is 29.8 Å². The van der Waals surface area contributed by atoms with E-state index < -0.39 is 0 Å². The molecule has 94 valence electrons. The molecule has 4 nitrogen and oxygen atoms in total. The molecule has 2 rings (SSSR count). The van der Waals surface area contributed by atoms with Crippen molar-refractivity contribution in [2.75, 3.05) is 21.3 Å². The molecule has 0 saturated heterocycles. The van der Waals surface area contributed by atoms with Gasteiger partial charge in [-0.1, -0.05) is 0 Å². The van der Waals surface area contributed by atoms with Crippen molar-refractivity contribution in [2.45, 2.75) is 0 Å². The van der Waals surface area contributed by atoms with Crippen LogP contribution in [0, 0.1) is 0 Å². The second kappa shape index (κ2) is 4.96. The molecule has 0 aromatic heterocycles. The lowest BCUT2D eigenvalue weighted by Crippen LogP contribution is -1.97. The first-order chi connectivity index (χ1) is 8.74. The second-order valence-corrected chi connectivity index (χ2v) is 3.73. The first-order valence-corrected chi connectivity index (χ1v) is 5.43. The molecule has 2 aromatic rings. The summed E-state index contributed by atoms with van der Waals surface area (Å²) < 4.78 is 15.7. The summed E-state index contributed by atoms with van der Waals surface area (Å²) in [5, 5.41) is 1.75. The van der Waals surface area contributed by atoms with E-state index in [-0.39, 0.29) is 0 Å². The van der Waals surface area contributed by atoms with Crippen LogP contribution in [-0.4, -0.2) is 27.6 Å². The average Bonchev–Trinajstić information content (AvgIpc) is 2.44. The highest BCUT2D eigenvalue weighted by molar-refractivity contribution is 5.99. The van der Waals surface area contributed by atoms with E-state index in [4.69, 9.17) is 14.2 Å². The van der Waals surface area contributed by atoms with Gasteiger partial charge < -0.3 is 14.2 Å². The predicted octanol–water partition coefficient (Wildman–Crippen LogP) is 2.68. The van der Waals surface area contributed by atoms with Crippen molar-refractivity contribution in [1.82, 2.24) is 0 Å². The fourth-order valence-corrected chi connectivity index (χ4v) is 1.97. The molecule has 18 heavy (non-hydrogen) atoms. The molecule has 0 N–H and O–H groups in total. The molecule has 2 aromatic carbocycles. The molecular weight excluding hydrogens is 232 g/mol. The maximum atomic E-state index is 11.1. The van der Waals surface area contributed by atoms with Crippen LogP contribution >= 0.6 is 0 Å². The number of rotatable bonds is 4. The lowest BCUT2D eigenvalue weighted by molar-refractivity contribution is 0.111. The summed E-state index contributed by atoms with van der Waals surface area (Å²) in [6.07, 6.45) is 0.737. The molecule has 4 heteroatoms. The Bertz CT molecular complexity index is 590. The topological polar surface area (TPSA) is 44.8 Å². The quantitative estimate of drug-likeness (QED) is 0.778. The summed E-state index contributed by atoms with van der Waals surface area (Å²) in [5.74, 6) is 1.75. The maximum absolute atomic E-state index is 11.1. The summed E-state index contributed by atoms with van der Waals surface area (Å²) in [7, 11) is 4.66. The largest absolute Gasteiger partial charge is 0.497 e. The highest BCUT2D eigenvalue weighted by Gasteiger charge is 2.14. The summed E-state index contributed by atoms with van der Waals surface area (Å²) >= 11 is 0. The highest BCUT2D eigenvalue weighted by atomic mass is 16.5. The van der Waals surface area contributed by atoms with Crippen LogP contribution in [0.15, 0.2) is 24.3 Å². The molecule has 0 atom stereocenters. The van der Waals surface area contributed by atoms with E-state index >= 15 is 0 Å². The lowest BCUT2D eigenvalue weighted by Gasteiger charge is -2.13. The normalized spacial score (nSPS) is 10.2.